The van der Waals surface area contributed by atoms with Crippen molar-refractivity contribution in [2.45, 2.75) is 43.1 Å². The van der Waals surface area contributed by atoms with Crippen LogP contribution in [0, 0.1) is 11.3 Å². The van der Waals surface area contributed by atoms with E-state index in [0.717, 1.165) is 6.20 Å². The highest BCUT2D eigenvalue weighted by molar-refractivity contribution is 5.76. The topological polar surface area (TPSA) is 207 Å². The van der Waals surface area contributed by atoms with Crippen molar-refractivity contribution in [3.63, 3.8) is 0 Å². The Morgan fingerprint density at radius 1 is 1.62 bits per heavy atom. The first-order valence-corrected chi connectivity index (χ1v) is 7.55. The molecule has 0 saturated carbocycles. The second kappa shape index (κ2) is 7.36. The average Bonchev–Trinajstić information content (AvgIpc) is 2.84. The number of nitrogens with two attached hydrogens (primary N) is 2. The van der Waals surface area contributed by atoms with Gasteiger partial charge >= 0.3 is 11.7 Å². The lowest BCUT2D eigenvalue weighted by atomic mass is 10.0. The number of aromatic nitrogens is 2. The van der Waals surface area contributed by atoms with E-state index in [1.807, 2.05) is 0 Å². The zero-order valence-electron chi connectivity index (χ0n) is 13.7. The highest BCUT2D eigenvalue weighted by Crippen LogP contribution is 2.34. The van der Waals surface area contributed by atoms with Crippen molar-refractivity contribution in [2.75, 3.05) is 12.3 Å². The van der Waals surface area contributed by atoms with E-state index in [1.165, 1.54) is 13.0 Å². The zero-order chi connectivity index (χ0) is 19.6. The van der Waals surface area contributed by atoms with Crippen LogP contribution in [0.2, 0.25) is 0 Å². The molecule has 0 aromatic carbocycles. The molecule has 0 radical (unpaired) electrons. The number of carbonyl (C=O) groups excluding carboxylic acids is 1. The lowest BCUT2D eigenvalue weighted by molar-refractivity contribution is -0.157. The third-order valence-electron chi connectivity index (χ3n) is 3.96. The van der Waals surface area contributed by atoms with E-state index >= 15 is 0 Å². The second-order valence-electron chi connectivity index (χ2n) is 5.80. The van der Waals surface area contributed by atoms with Gasteiger partial charge in [-0.3, -0.25) is 9.36 Å². The van der Waals surface area contributed by atoms with Crippen molar-refractivity contribution in [1.82, 2.24) is 9.55 Å². The smallest absolute Gasteiger partial charge is 0.352 e. The van der Waals surface area contributed by atoms with Crippen LogP contribution in [0.1, 0.15) is 6.92 Å². The summed E-state index contributed by atoms with van der Waals surface area (Å²) in [7, 11) is 0. The van der Waals surface area contributed by atoms with Crippen LogP contribution in [0.4, 0.5) is 5.82 Å². The SMILES string of the molecule is CC(O)[C@H](N)C(=O)OC[C@H]1O[C@@](C#N)(n2ccc(N)nc2=O)[C@@H](O)C1O. The van der Waals surface area contributed by atoms with Gasteiger partial charge in [0.25, 0.3) is 5.72 Å². The third kappa shape index (κ3) is 3.39. The zero-order valence-corrected chi connectivity index (χ0v) is 13.7. The van der Waals surface area contributed by atoms with Gasteiger partial charge in [-0.1, -0.05) is 0 Å². The number of carbonyl (C=O) groups is 1. The van der Waals surface area contributed by atoms with Crippen LogP contribution in [0.5, 0.6) is 0 Å². The minimum atomic E-state index is -2.29. The average molecular weight is 369 g/mol. The van der Waals surface area contributed by atoms with Gasteiger partial charge in [0.05, 0.1) is 6.10 Å². The molecule has 26 heavy (non-hydrogen) atoms. The summed E-state index contributed by atoms with van der Waals surface area (Å²) >= 11 is 0. The number of nitrogen functional groups attached to an aromatic ring is 1. The van der Waals surface area contributed by atoms with Gasteiger partial charge in [0.15, 0.2) is 0 Å². The fourth-order valence-corrected chi connectivity index (χ4v) is 2.41. The van der Waals surface area contributed by atoms with Gasteiger partial charge in [0.2, 0.25) is 0 Å². The summed E-state index contributed by atoms with van der Waals surface area (Å²) in [6.07, 6.45) is -4.92. The molecule has 2 unspecified atom stereocenters. The molecule has 1 aromatic rings. The lowest BCUT2D eigenvalue weighted by Crippen LogP contribution is -2.49. The quantitative estimate of drug-likeness (QED) is 0.320. The van der Waals surface area contributed by atoms with Gasteiger partial charge in [0.1, 0.15) is 42.8 Å². The molecular weight excluding hydrogens is 350 g/mol. The highest BCUT2D eigenvalue weighted by Gasteiger charge is 2.57. The first-order chi connectivity index (χ1) is 12.1. The molecule has 2 rings (SSSR count). The first kappa shape index (κ1) is 19.8. The highest BCUT2D eigenvalue weighted by atomic mass is 16.6. The van der Waals surface area contributed by atoms with E-state index in [1.54, 1.807) is 6.07 Å². The van der Waals surface area contributed by atoms with Crippen LogP contribution < -0.4 is 17.2 Å². The predicted molar refractivity (Wildman–Crippen MR) is 84.0 cm³/mol. The number of hydrogen-bond acceptors (Lipinski definition) is 11. The maximum absolute atomic E-state index is 12.0. The van der Waals surface area contributed by atoms with Gasteiger partial charge in [-0.2, -0.15) is 10.2 Å². The molecule has 142 valence electrons. The lowest BCUT2D eigenvalue weighted by Gasteiger charge is -2.26. The Hall–Kier alpha value is -2.56. The van der Waals surface area contributed by atoms with Gasteiger partial charge < -0.3 is 36.3 Å². The van der Waals surface area contributed by atoms with E-state index in [9.17, 15) is 30.2 Å². The Bertz CT molecular complexity index is 776. The molecule has 6 atom stereocenters. The van der Waals surface area contributed by atoms with E-state index in [-0.39, 0.29) is 5.82 Å². The van der Waals surface area contributed by atoms with Gasteiger partial charge in [-0.25, -0.2) is 4.79 Å². The molecule has 0 spiro atoms. The molecule has 1 aliphatic heterocycles. The minimum absolute atomic E-state index is 0.107. The molecular formula is C14H19N5O7. The standard InChI is InChI=1S/C14H19N5O7/c1-6(20)9(17)12(23)25-4-7-10(21)11(22)14(5-15,26-7)19-3-2-8(16)18-13(19)24/h2-3,6-7,9-11,20-22H,4,17H2,1H3,(H2,16,18,24)/t6?,7-,9+,10?,11+,14-/m1/s1. The van der Waals surface area contributed by atoms with Crippen LogP contribution in [0.3, 0.4) is 0 Å². The van der Waals surface area contributed by atoms with Gasteiger partial charge in [-0.15, -0.1) is 0 Å². The maximum atomic E-state index is 12.0. The Morgan fingerprint density at radius 3 is 2.81 bits per heavy atom. The number of hydrogen-bond donors (Lipinski definition) is 5. The summed E-state index contributed by atoms with van der Waals surface area (Å²) in [5.74, 6) is -1.07. The van der Waals surface area contributed by atoms with Crippen molar-refractivity contribution in [2.24, 2.45) is 5.73 Å². The van der Waals surface area contributed by atoms with Gasteiger partial charge in [-0.05, 0) is 13.0 Å². The predicted octanol–water partition coefficient (Wildman–Crippen LogP) is -3.63. The van der Waals surface area contributed by atoms with Crippen LogP contribution in [-0.4, -0.2) is 67.9 Å². The Morgan fingerprint density at radius 2 is 2.27 bits per heavy atom. The fraction of sp³-hybridized carbons (Fsp3) is 0.571. The van der Waals surface area contributed by atoms with Crippen LogP contribution in [0.15, 0.2) is 17.1 Å². The number of ether oxygens (including phenoxy) is 2. The van der Waals surface area contributed by atoms with E-state index in [2.05, 4.69) is 4.98 Å². The van der Waals surface area contributed by atoms with E-state index in [4.69, 9.17) is 20.9 Å². The monoisotopic (exact) mass is 369 g/mol. The maximum Gasteiger partial charge on any atom is 0.352 e. The molecule has 0 bridgehead atoms. The van der Waals surface area contributed by atoms with E-state index < -0.39 is 54.4 Å². The summed E-state index contributed by atoms with van der Waals surface area (Å²) < 4.78 is 10.9. The number of aliphatic hydroxyl groups excluding tert-OH is 3. The summed E-state index contributed by atoms with van der Waals surface area (Å²) in [5.41, 5.74) is 7.53. The van der Waals surface area contributed by atoms with Crippen molar-refractivity contribution in [3.05, 3.63) is 22.7 Å². The van der Waals surface area contributed by atoms with Crippen molar-refractivity contribution in [1.29, 1.82) is 5.26 Å². The molecule has 0 amide bonds. The Labute approximate surface area is 147 Å². The Balaban J connectivity index is 2.23. The molecule has 1 aliphatic rings. The van der Waals surface area contributed by atoms with Crippen molar-refractivity contribution >= 4 is 11.8 Å². The van der Waals surface area contributed by atoms with Gasteiger partial charge in [0, 0.05) is 6.20 Å². The number of esters is 1. The first-order valence-electron chi connectivity index (χ1n) is 7.55. The second-order valence-corrected chi connectivity index (χ2v) is 5.80. The number of aliphatic hydroxyl groups is 3. The molecule has 1 saturated heterocycles. The van der Waals surface area contributed by atoms with Crippen LogP contribution in [0.25, 0.3) is 0 Å². The molecule has 1 fully saturated rings. The van der Waals surface area contributed by atoms with Crippen molar-refractivity contribution in [3.8, 4) is 6.07 Å². The normalized spacial score (nSPS) is 30.4. The van der Waals surface area contributed by atoms with Crippen LogP contribution >= 0.6 is 0 Å². The largest absolute Gasteiger partial charge is 0.462 e. The number of anilines is 1. The summed E-state index contributed by atoms with van der Waals surface area (Å²) in [6.45, 7) is 0.718. The Kier molecular flexibility index (Phi) is 5.59. The van der Waals surface area contributed by atoms with Crippen molar-refractivity contribution < 1.29 is 29.6 Å². The summed E-state index contributed by atoms with van der Waals surface area (Å²) in [5, 5.41) is 39.1. The number of rotatable bonds is 5. The minimum Gasteiger partial charge on any atom is -0.462 e. The molecule has 1 aromatic heterocycles. The van der Waals surface area contributed by atoms with Crippen LogP contribution in [-0.2, 0) is 20.0 Å². The molecule has 0 aliphatic carbocycles. The summed E-state index contributed by atoms with van der Waals surface area (Å²) in [4.78, 5) is 27.1. The molecule has 12 heteroatoms. The summed E-state index contributed by atoms with van der Waals surface area (Å²) in [6, 6.07) is 1.53. The van der Waals surface area contributed by atoms with E-state index in [0.29, 0.717) is 4.57 Å². The fourth-order valence-electron chi connectivity index (χ4n) is 2.41. The third-order valence-corrected chi connectivity index (χ3v) is 3.96. The molecule has 12 nitrogen and oxygen atoms in total. The number of nitriles is 1. The molecule has 2 heterocycles. The number of nitrogens with zero attached hydrogens (tertiary/aromatic N) is 3. The molecule has 7 N–H and O–H groups in total.